The maximum atomic E-state index is 4.18. The molecular formula is C10H15N3. The third-order valence-electron chi connectivity index (χ3n) is 2.46. The Kier molecular flexibility index (Phi) is 2.43. The van der Waals surface area contributed by atoms with Crippen LogP contribution in [0.15, 0.2) is 12.1 Å². The van der Waals surface area contributed by atoms with Gasteiger partial charge in [0.2, 0.25) is 0 Å². The first kappa shape index (κ1) is 8.48. The minimum absolute atomic E-state index is 0.987. The highest BCUT2D eigenvalue weighted by Gasteiger charge is 2.11. The van der Waals surface area contributed by atoms with E-state index in [4.69, 9.17) is 0 Å². The van der Waals surface area contributed by atoms with Crippen molar-refractivity contribution in [2.45, 2.75) is 26.2 Å². The summed E-state index contributed by atoms with van der Waals surface area (Å²) >= 11 is 0. The predicted molar refractivity (Wildman–Crippen MR) is 52.8 cm³/mol. The van der Waals surface area contributed by atoms with E-state index in [1.165, 1.54) is 19.3 Å². The summed E-state index contributed by atoms with van der Waals surface area (Å²) in [6.07, 6.45) is 3.93. The van der Waals surface area contributed by atoms with Gasteiger partial charge in [-0.2, -0.15) is 5.10 Å². The molecule has 0 aliphatic carbocycles. The predicted octanol–water partition coefficient (Wildman–Crippen LogP) is 1.78. The SMILES string of the molecule is Cc1ccc(N2CCCCC2)nn1. The van der Waals surface area contributed by atoms with Crippen molar-refractivity contribution in [1.29, 1.82) is 0 Å². The quantitative estimate of drug-likeness (QED) is 0.654. The van der Waals surface area contributed by atoms with Crippen LogP contribution in [0.25, 0.3) is 0 Å². The van der Waals surface area contributed by atoms with Crippen molar-refractivity contribution in [2.24, 2.45) is 0 Å². The Hall–Kier alpha value is -1.12. The van der Waals surface area contributed by atoms with Crippen LogP contribution in [-0.4, -0.2) is 23.3 Å². The number of nitrogens with zero attached hydrogens (tertiary/aromatic N) is 3. The number of aromatic nitrogens is 2. The van der Waals surface area contributed by atoms with Crippen LogP contribution < -0.4 is 4.90 Å². The second-order valence-corrected chi connectivity index (χ2v) is 3.58. The molecule has 0 amide bonds. The molecule has 1 saturated heterocycles. The largest absolute Gasteiger partial charge is 0.355 e. The van der Waals surface area contributed by atoms with Gasteiger partial charge >= 0.3 is 0 Å². The van der Waals surface area contributed by atoms with Crippen LogP contribution in [-0.2, 0) is 0 Å². The van der Waals surface area contributed by atoms with Crippen LogP contribution in [0.4, 0.5) is 5.82 Å². The highest BCUT2D eigenvalue weighted by molar-refractivity contribution is 5.37. The van der Waals surface area contributed by atoms with Crippen LogP contribution >= 0.6 is 0 Å². The summed E-state index contributed by atoms with van der Waals surface area (Å²) < 4.78 is 0. The summed E-state index contributed by atoms with van der Waals surface area (Å²) in [5.74, 6) is 1.03. The summed E-state index contributed by atoms with van der Waals surface area (Å²) in [5, 5.41) is 8.24. The Morgan fingerprint density at radius 2 is 1.85 bits per heavy atom. The lowest BCUT2D eigenvalue weighted by atomic mass is 10.1. The Labute approximate surface area is 78.8 Å². The number of anilines is 1. The molecule has 2 rings (SSSR count). The van der Waals surface area contributed by atoms with Gasteiger partial charge in [0.15, 0.2) is 5.82 Å². The Morgan fingerprint density at radius 3 is 2.46 bits per heavy atom. The van der Waals surface area contributed by atoms with Crippen molar-refractivity contribution < 1.29 is 0 Å². The van der Waals surface area contributed by atoms with Gasteiger partial charge in [-0.1, -0.05) is 0 Å². The molecule has 1 aromatic rings. The highest BCUT2D eigenvalue weighted by atomic mass is 15.3. The number of rotatable bonds is 1. The van der Waals surface area contributed by atoms with Gasteiger partial charge in [-0.15, -0.1) is 5.10 Å². The molecule has 13 heavy (non-hydrogen) atoms. The minimum atomic E-state index is 0.987. The normalized spacial score (nSPS) is 17.5. The average Bonchev–Trinajstić information content (AvgIpc) is 2.20. The zero-order chi connectivity index (χ0) is 9.10. The smallest absolute Gasteiger partial charge is 0.151 e. The van der Waals surface area contributed by atoms with E-state index in [2.05, 4.69) is 21.2 Å². The fourth-order valence-electron chi connectivity index (χ4n) is 1.68. The second kappa shape index (κ2) is 3.73. The lowest BCUT2D eigenvalue weighted by Gasteiger charge is -2.27. The van der Waals surface area contributed by atoms with E-state index in [-0.39, 0.29) is 0 Å². The van der Waals surface area contributed by atoms with Crippen molar-refractivity contribution in [3.8, 4) is 0 Å². The molecular weight excluding hydrogens is 162 g/mol. The maximum Gasteiger partial charge on any atom is 0.151 e. The lowest BCUT2D eigenvalue weighted by Crippen LogP contribution is -2.30. The van der Waals surface area contributed by atoms with Crippen LogP contribution in [0.1, 0.15) is 25.0 Å². The molecule has 1 aromatic heterocycles. The first-order valence-corrected chi connectivity index (χ1v) is 4.91. The summed E-state index contributed by atoms with van der Waals surface area (Å²) in [6.45, 7) is 4.24. The van der Waals surface area contributed by atoms with Gasteiger partial charge in [0.05, 0.1) is 5.69 Å². The molecule has 0 N–H and O–H groups in total. The zero-order valence-corrected chi connectivity index (χ0v) is 8.03. The highest BCUT2D eigenvalue weighted by Crippen LogP contribution is 2.16. The molecule has 1 aliphatic heterocycles. The molecule has 0 atom stereocenters. The molecule has 0 spiro atoms. The molecule has 0 radical (unpaired) electrons. The van der Waals surface area contributed by atoms with Gasteiger partial charge in [-0.25, -0.2) is 0 Å². The van der Waals surface area contributed by atoms with E-state index in [1.807, 2.05) is 13.0 Å². The van der Waals surface area contributed by atoms with Crippen LogP contribution in [0.2, 0.25) is 0 Å². The van der Waals surface area contributed by atoms with Gasteiger partial charge in [0.1, 0.15) is 0 Å². The zero-order valence-electron chi connectivity index (χ0n) is 8.03. The van der Waals surface area contributed by atoms with Gasteiger partial charge in [0, 0.05) is 13.1 Å². The number of aryl methyl sites for hydroxylation is 1. The van der Waals surface area contributed by atoms with Gasteiger partial charge in [-0.3, -0.25) is 0 Å². The third kappa shape index (κ3) is 1.97. The van der Waals surface area contributed by atoms with Gasteiger partial charge in [0.25, 0.3) is 0 Å². The van der Waals surface area contributed by atoms with Crippen LogP contribution in [0.3, 0.4) is 0 Å². The lowest BCUT2D eigenvalue weighted by molar-refractivity contribution is 0.571. The molecule has 0 saturated carbocycles. The molecule has 1 aliphatic rings. The van der Waals surface area contributed by atoms with Crippen molar-refractivity contribution in [3.63, 3.8) is 0 Å². The molecule has 3 nitrogen and oxygen atoms in total. The first-order chi connectivity index (χ1) is 6.36. The summed E-state index contributed by atoms with van der Waals surface area (Å²) in [4.78, 5) is 2.32. The molecule has 1 fully saturated rings. The topological polar surface area (TPSA) is 29.0 Å². The summed E-state index contributed by atoms with van der Waals surface area (Å²) in [6, 6.07) is 4.09. The van der Waals surface area contributed by atoms with E-state index in [9.17, 15) is 0 Å². The fraction of sp³-hybridized carbons (Fsp3) is 0.600. The summed E-state index contributed by atoms with van der Waals surface area (Å²) in [5.41, 5.74) is 0.987. The maximum absolute atomic E-state index is 4.18. The second-order valence-electron chi connectivity index (χ2n) is 3.58. The number of hydrogen-bond donors (Lipinski definition) is 0. The Balaban J connectivity index is 2.10. The van der Waals surface area contributed by atoms with Crippen molar-refractivity contribution in [1.82, 2.24) is 10.2 Å². The van der Waals surface area contributed by atoms with E-state index >= 15 is 0 Å². The Morgan fingerprint density at radius 1 is 1.08 bits per heavy atom. The molecule has 0 bridgehead atoms. The van der Waals surface area contributed by atoms with Gasteiger partial charge < -0.3 is 4.90 Å². The van der Waals surface area contributed by atoms with Crippen molar-refractivity contribution >= 4 is 5.82 Å². The third-order valence-corrected chi connectivity index (χ3v) is 2.46. The van der Waals surface area contributed by atoms with Crippen LogP contribution in [0, 0.1) is 6.92 Å². The number of piperidine rings is 1. The summed E-state index contributed by atoms with van der Waals surface area (Å²) in [7, 11) is 0. The Bertz CT molecular complexity index is 262. The standard InChI is InChI=1S/C10H15N3/c1-9-5-6-10(12-11-9)13-7-3-2-4-8-13/h5-6H,2-4,7-8H2,1H3. The van der Waals surface area contributed by atoms with E-state index in [0.717, 1.165) is 24.6 Å². The van der Waals surface area contributed by atoms with E-state index in [0.29, 0.717) is 0 Å². The molecule has 3 heteroatoms. The van der Waals surface area contributed by atoms with Gasteiger partial charge in [-0.05, 0) is 38.3 Å². The van der Waals surface area contributed by atoms with Crippen LogP contribution in [0.5, 0.6) is 0 Å². The average molecular weight is 177 g/mol. The molecule has 0 unspecified atom stereocenters. The molecule has 70 valence electrons. The van der Waals surface area contributed by atoms with Crippen molar-refractivity contribution in [2.75, 3.05) is 18.0 Å². The van der Waals surface area contributed by atoms with Crippen molar-refractivity contribution in [3.05, 3.63) is 17.8 Å². The molecule has 2 heterocycles. The number of hydrogen-bond acceptors (Lipinski definition) is 3. The van der Waals surface area contributed by atoms with E-state index in [1.54, 1.807) is 0 Å². The first-order valence-electron chi connectivity index (χ1n) is 4.91. The monoisotopic (exact) mass is 177 g/mol. The fourth-order valence-corrected chi connectivity index (χ4v) is 1.68. The van der Waals surface area contributed by atoms with E-state index < -0.39 is 0 Å². The molecule has 0 aromatic carbocycles. The minimum Gasteiger partial charge on any atom is -0.355 e.